The maximum absolute atomic E-state index is 12.2. The van der Waals surface area contributed by atoms with Gasteiger partial charge in [0.1, 0.15) is 5.70 Å². The summed E-state index contributed by atoms with van der Waals surface area (Å²) in [6, 6.07) is 5.19. The van der Waals surface area contributed by atoms with Gasteiger partial charge in [0.15, 0.2) is 0 Å². The van der Waals surface area contributed by atoms with Crippen molar-refractivity contribution >= 4 is 28.4 Å². The van der Waals surface area contributed by atoms with Crippen LogP contribution in [0.4, 0.5) is 5.69 Å². The summed E-state index contributed by atoms with van der Waals surface area (Å²) in [6.45, 7) is 3.41. The number of benzene rings is 1. The summed E-state index contributed by atoms with van der Waals surface area (Å²) in [6.07, 6.45) is 1.21. The van der Waals surface area contributed by atoms with Crippen LogP contribution in [-0.4, -0.2) is 40.0 Å². The number of rotatable bonds is 4. The van der Waals surface area contributed by atoms with Gasteiger partial charge in [0, 0.05) is 23.2 Å². The van der Waals surface area contributed by atoms with Crippen LogP contribution in [0.1, 0.15) is 11.1 Å². The van der Waals surface area contributed by atoms with Gasteiger partial charge < -0.3 is 15.4 Å². The molecule has 0 radical (unpaired) electrons. The van der Waals surface area contributed by atoms with Gasteiger partial charge in [-0.3, -0.25) is 19.3 Å². The van der Waals surface area contributed by atoms with E-state index in [1.54, 1.807) is 6.07 Å². The van der Waals surface area contributed by atoms with Crippen molar-refractivity contribution in [1.82, 2.24) is 9.88 Å². The molecular formula is C17H17N3O4. The fraction of sp³-hybridized carbons (Fsp3) is 0.235. The van der Waals surface area contributed by atoms with Gasteiger partial charge in [0.2, 0.25) is 5.56 Å². The number of H-pyrrole nitrogens is 1. The second-order valence-corrected chi connectivity index (χ2v) is 5.73. The van der Waals surface area contributed by atoms with E-state index in [1.807, 2.05) is 19.9 Å². The largest absolute Gasteiger partial charge is 0.395 e. The molecule has 1 aromatic heterocycles. The number of pyridine rings is 1. The zero-order chi connectivity index (χ0) is 17.4. The van der Waals surface area contributed by atoms with Crippen LogP contribution in [0.3, 0.4) is 0 Å². The second-order valence-electron chi connectivity index (χ2n) is 5.73. The molecule has 0 atom stereocenters. The van der Waals surface area contributed by atoms with E-state index in [1.165, 1.54) is 12.1 Å². The lowest BCUT2D eigenvalue weighted by Crippen LogP contribution is -2.34. The second kappa shape index (κ2) is 5.93. The molecule has 2 aromatic rings. The lowest BCUT2D eigenvalue weighted by Gasteiger charge is -2.15. The number of hydrogen-bond donors (Lipinski definition) is 3. The highest BCUT2D eigenvalue weighted by Crippen LogP contribution is 2.26. The summed E-state index contributed by atoms with van der Waals surface area (Å²) in [5, 5.41) is 12.8. The van der Waals surface area contributed by atoms with Crippen molar-refractivity contribution in [3.8, 4) is 0 Å². The third-order valence-corrected chi connectivity index (χ3v) is 4.00. The maximum Gasteiger partial charge on any atom is 0.277 e. The number of fused-ring (bicyclic) bond motifs is 1. The van der Waals surface area contributed by atoms with Crippen LogP contribution in [-0.2, 0) is 9.59 Å². The molecule has 0 aliphatic carbocycles. The van der Waals surface area contributed by atoms with Gasteiger partial charge in [0.05, 0.1) is 18.7 Å². The van der Waals surface area contributed by atoms with Gasteiger partial charge in [0.25, 0.3) is 11.8 Å². The van der Waals surface area contributed by atoms with Crippen molar-refractivity contribution in [3.05, 3.63) is 51.5 Å². The highest BCUT2D eigenvalue weighted by Gasteiger charge is 2.30. The number of aliphatic hydroxyl groups excluding tert-OH is 1. The molecule has 0 bridgehead atoms. The molecule has 0 saturated heterocycles. The number of carbonyl (C=O) groups is 2. The Hall–Kier alpha value is -2.93. The van der Waals surface area contributed by atoms with Crippen molar-refractivity contribution in [3.63, 3.8) is 0 Å². The van der Waals surface area contributed by atoms with Crippen LogP contribution in [0, 0.1) is 13.8 Å². The summed E-state index contributed by atoms with van der Waals surface area (Å²) in [5.74, 6) is -0.939. The van der Waals surface area contributed by atoms with Crippen molar-refractivity contribution < 1.29 is 14.7 Å². The van der Waals surface area contributed by atoms with Crippen molar-refractivity contribution in [2.45, 2.75) is 13.8 Å². The molecule has 1 aliphatic heterocycles. The average molecular weight is 327 g/mol. The van der Waals surface area contributed by atoms with E-state index >= 15 is 0 Å². The average Bonchev–Trinajstić information content (AvgIpc) is 2.77. The van der Waals surface area contributed by atoms with Crippen molar-refractivity contribution in [1.29, 1.82) is 0 Å². The number of amides is 2. The zero-order valence-electron chi connectivity index (χ0n) is 13.3. The van der Waals surface area contributed by atoms with Crippen LogP contribution in [0.2, 0.25) is 0 Å². The Morgan fingerprint density at radius 1 is 1.12 bits per heavy atom. The van der Waals surface area contributed by atoms with Gasteiger partial charge in [-0.15, -0.1) is 0 Å². The van der Waals surface area contributed by atoms with Gasteiger partial charge in [-0.2, -0.15) is 0 Å². The molecule has 124 valence electrons. The fourth-order valence-electron chi connectivity index (χ4n) is 2.77. The number of nitrogens with one attached hydrogen (secondary N) is 2. The van der Waals surface area contributed by atoms with Crippen LogP contribution in [0.5, 0.6) is 0 Å². The molecule has 24 heavy (non-hydrogen) atoms. The predicted octanol–water partition coefficient (Wildman–Crippen LogP) is 0.802. The normalized spacial score (nSPS) is 14.5. The SMILES string of the molecule is Cc1cc2c(C)cc(=O)[nH]c2cc1NC1=CC(=O)N(CCO)C1=O. The minimum atomic E-state index is -0.480. The van der Waals surface area contributed by atoms with Gasteiger partial charge in [-0.25, -0.2) is 0 Å². The topological polar surface area (TPSA) is 102 Å². The minimum Gasteiger partial charge on any atom is -0.395 e. The summed E-state index contributed by atoms with van der Waals surface area (Å²) in [5.41, 5.74) is 2.96. The van der Waals surface area contributed by atoms with E-state index < -0.39 is 11.8 Å². The van der Waals surface area contributed by atoms with E-state index in [-0.39, 0.29) is 24.4 Å². The molecule has 1 aliphatic rings. The number of anilines is 1. The van der Waals surface area contributed by atoms with E-state index in [2.05, 4.69) is 10.3 Å². The maximum atomic E-state index is 12.2. The smallest absolute Gasteiger partial charge is 0.277 e. The summed E-state index contributed by atoms with van der Waals surface area (Å²) >= 11 is 0. The molecule has 7 heteroatoms. The lowest BCUT2D eigenvalue weighted by atomic mass is 10.1. The van der Waals surface area contributed by atoms with E-state index in [9.17, 15) is 14.4 Å². The number of carbonyl (C=O) groups excluding carboxylic acids is 2. The van der Waals surface area contributed by atoms with E-state index in [4.69, 9.17) is 5.11 Å². The monoisotopic (exact) mass is 327 g/mol. The first kappa shape index (κ1) is 15.9. The number of aryl methyl sites for hydroxylation is 2. The Morgan fingerprint density at radius 3 is 2.58 bits per heavy atom. The number of hydrogen-bond acceptors (Lipinski definition) is 5. The van der Waals surface area contributed by atoms with E-state index in [0.29, 0.717) is 11.2 Å². The van der Waals surface area contributed by atoms with Crippen LogP contribution in [0.25, 0.3) is 10.9 Å². The molecule has 1 aromatic carbocycles. The first-order valence-corrected chi connectivity index (χ1v) is 7.50. The summed E-state index contributed by atoms with van der Waals surface area (Å²) in [4.78, 5) is 39.4. The Morgan fingerprint density at radius 2 is 1.88 bits per heavy atom. The minimum absolute atomic E-state index is 0.0391. The molecule has 0 fully saturated rings. The highest BCUT2D eigenvalue weighted by atomic mass is 16.3. The van der Waals surface area contributed by atoms with Crippen molar-refractivity contribution in [2.75, 3.05) is 18.5 Å². The molecular weight excluding hydrogens is 310 g/mol. The molecule has 3 rings (SSSR count). The van der Waals surface area contributed by atoms with Gasteiger partial charge in [-0.05, 0) is 37.1 Å². The number of aromatic amines is 1. The quantitative estimate of drug-likeness (QED) is 0.721. The first-order valence-electron chi connectivity index (χ1n) is 7.50. The van der Waals surface area contributed by atoms with Gasteiger partial charge >= 0.3 is 0 Å². The third kappa shape index (κ3) is 2.69. The Labute approximate surface area is 137 Å². The molecule has 0 spiro atoms. The molecule has 2 amide bonds. The molecule has 7 nitrogen and oxygen atoms in total. The number of aromatic nitrogens is 1. The Bertz CT molecular complexity index is 943. The van der Waals surface area contributed by atoms with Crippen LogP contribution < -0.4 is 10.9 Å². The van der Waals surface area contributed by atoms with Crippen molar-refractivity contribution in [2.24, 2.45) is 0 Å². The summed E-state index contributed by atoms with van der Waals surface area (Å²) < 4.78 is 0. The first-order chi connectivity index (χ1) is 11.4. The zero-order valence-corrected chi connectivity index (χ0v) is 13.3. The highest BCUT2D eigenvalue weighted by molar-refractivity contribution is 6.17. The molecule has 0 saturated carbocycles. The predicted molar refractivity (Wildman–Crippen MR) is 89.6 cm³/mol. The Kier molecular flexibility index (Phi) is 3.94. The van der Waals surface area contributed by atoms with Crippen LogP contribution >= 0.6 is 0 Å². The number of nitrogens with zero attached hydrogens (tertiary/aromatic N) is 1. The third-order valence-electron chi connectivity index (χ3n) is 4.00. The molecule has 3 N–H and O–H groups in total. The Balaban J connectivity index is 1.98. The van der Waals surface area contributed by atoms with Crippen LogP contribution in [0.15, 0.2) is 34.8 Å². The standard InChI is InChI=1S/C17H17N3O4/c1-9-6-15(22)19-13-7-12(10(2)5-11(9)13)18-14-8-16(23)20(3-4-21)17(14)24/h5-8,18,21H,3-4H2,1-2H3,(H,19,22). The molecule has 0 unspecified atom stereocenters. The lowest BCUT2D eigenvalue weighted by molar-refractivity contribution is -0.137. The number of β-amino-alcohol motifs (C(OH)–C–C–N with tert-alkyl or cyclic N) is 1. The van der Waals surface area contributed by atoms with Gasteiger partial charge in [-0.1, -0.05) is 0 Å². The summed E-state index contributed by atoms with van der Waals surface area (Å²) in [7, 11) is 0. The van der Waals surface area contributed by atoms with E-state index in [0.717, 1.165) is 21.4 Å². The fourth-order valence-corrected chi connectivity index (χ4v) is 2.77. The number of aliphatic hydroxyl groups is 1. The number of imide groups is 1. The molecule has 2 heterocycles.